The van der Waals surface area contributed by atoms with Crippen molar-refractivity contribution < 1.29 is 19.3 Å². The summed E-state index contributed by atoms with van der Waals surface area (Å²) in [6.07, 6.45) is 3.43. The van der Waals surface area contributed by atoms with Gasteiger partial charge in [0.05, 0.1) is 5.69 Å². The molecule has 0 aliphatic carbocycles. The Balaban J connectivity index is 1.46. The van der Waals surface area contributed by atoms with Crippen LogP contribution in [0.1, 0.15) is 31.9 Å². The molecule has 5 nitrogen and oxygen atoms in total. The number of para-hydroxylation sites is 1. The topological polar surface area (TPSA) is 58.9 Å². The number of rotatable bonds is 3. The minimum Gasteiger partial charge on any atom is -0.315 e. The van der Waals surface area contributed by atoms with Gasteiger partial charge in [-0.15, -0.1) is 0 Å². The van der Waals surface area contributed by atoms with E-state index < -0.39 is 17.9 Å². The third-order valence-corrected chi connectivity index (χ3v) is 6.99. The predicted octanol–water partition coefficient (Wildman–Crippen LogP) is 2.06. The standard InChI is InChI=1S/C26H26N2O3/c1-26(2,3)17-11-9-16(10-12-17)15-27-19-13-14-20(29)23(27)22-21(19)24(30)28(25(22)31)18-7-5-4-6-8-18/h4-14,19,21-23H,15H2,1-3H3/p+1/t19-,21+,22-,23+/m0/s1. The van der Waals surface area contributed by atoms with Crippen LogP contribution < -0.4 is 9.80 Å². The van der Waals surface area contributed by atoms with Crippen LogP contribution >= 0.6 is 0 Å². The molecule has 0 spiro atoms. The number of hydrogen-bond donors (Lipinski definition) is 1. The first-order valence-corrected chi connectivity index (χ1v) is 10.9. The van der Waals surface area contributed by atoms with Crippen molar-refractivity contribution in [3.8, 4) is 0 Å². The summed E-state index contributed by atoms with van der Waals surface area (Å²) < 4.78 is 0. The second-order valence-corrected chi connectivity index (χ2v) is 9.86. The summed E-state index contributed by atoms with van der Waals surface area (Å²) in [5.41, 5.74) is 3.02. The average molecular weight is 416 g/mol. The summed E-state index contributed by atoms with van der Waals surface area (Å²) in [7, 11) is 0. The van der Waals surface area contributed by atoms with Crippen molar-refractivity contribution >= 4 is 23.3 Å². The number of imide groups is 1. The molecule has 2 amide bonds. The van der Waals surface area contributed by atoms with Crippen LogP contribution in [0.4, 0.5) is 5.69 Å². The van der Waals surface area contributed by atoms with Crippen LogP contribution in [0, 0.1) is 11.8 Å². The van der Waals surface area contributed by atoms with Gasteiger partial charge in [0.1, 0.15) is 24.4 Å². The average Bonchev–Trinajstić information content (AvgIpc) is 3.12. The van der Waals surface area contributed by atoms with Gasteiger partial charge >= 0.3 is 0 Å². The van der Waals surface area contributed by atoms with E-state index >= 15 is 0 Å². The highest BCUT2D eigenvalue weighted by Gasteiger charge is 2.67. The van der Waals surface area contributed by atoms with Crippen LogP contribution in [-0.4, -0.2) is 29.7 Å². The van der Waals surface area contributed by atoms with Crippen LogP contribution in [0.3, 0.4) is 0 Å². The Morgan fingerprint density at radius 3 is 2.16 bits per heavy atom. The van der Waals surface area contributed by atoms with Gasteiger partial charge in [-0.25, -0.2) is 4.90 Å². The highest BCUT2D eigenvalue weighted by Crippen LogP contribution is 2.39. The van der Waals surface area contributed by atoms with Crippen LogP contribution in [0.15, 0.2) is 66.7 Å². The molecule has 2 aromatic rings. The molecular formula is C26H27N2O3+. The van der Waals surface area contributed by atoms with E-state index in [1.807, 2.05) is 24.3 Å². The SMILES string of the molecule is CC(C)(C)c1ccc(C[NH+]2[C@@H]3C(=O)C=C[C@H]2[C@H]2C(=O)N(c4ccccc4)C(=O)[C@@H]23)cc1. The first-order chi connectivity index (χ1) is 14.8. The highest BCUT2D eigenvalue weighted by molar-refractivity contribution is 6.24. The van der Waals surface area contributed by atoms with Crippen molar-refractivity contribution in [2.45, 2.75) is 44.8 Å². The van der Waals surface area contributed by atoms with Gasteiger partial charge < -0.3 is 4.90 Å². The van der Waals surface area contributed by atoms with Crippen molar-refractivity contribution in [3.05, 3.63) is 77.9 Å². The molecule has 2 aromatic carbocycles. The van der Waals surface area contributed by atoms with Crippen molar-refractivity contribution in [3.63, 3.8) is 0 Å². The molecule has 0 radical (unpaired) electrons. The molecule has 158 valence electrons. The number of quaternary nitrogens is 1. The zero-order chi connectivity index (χ0) is 21.9. The Morgan fingerprint density at radius 1 is 0.871 bits per heavy atom. The molecule has 1 unspecified atom stereocenters. The smallest absolute Gasteiger partial charge is 0.244 e. The number of nitrogens with one attached hydrogen (secondary N) is 1. The number of ketones is 1. The molecule has 3 aliphatic heterocycles. The fourth-order valence-electron chi connectivity index (χ4n) is 5.43. The van der Waals surface area contributed by atoms with E-state index in [9.17, 15) is 14.4 Å². The van der Waals surface area contributed by atoms with E-state index in [1.54, 1.807) is 18.2 Å². The predicted molar refractivity (Wildman–Crippen MR) is 117 cm³/mol. The molecule has 5 heteroatoms. The number of fused-ring (bicyclic) bond motifs is 5. The van der Waals surface area contributed by atoms with Crippen LogP contribution in [0.5, 0.6) is 0 Å². The molecule has 3 heterocycles. The third kappa shape index (κ3) is 3.07. The summed E-state index contributed by atoms with van der Waals surface area (Å²) in [6.45, 7) is 7.16. The van der Waals surface area contributed by atoms with E-state index in [4.69, 9.17) is 0 Å². The van der Waals surface area contributed by atoms with Crippen LogP contribution in [0.25, 0.3) is 0 Å². The first kappa shape index (κ1) is 19.9. The van der Waals surface area contributed by atoms with Gasteiger partial charge in [0.15, 0.2) is 6.04 Å². The molecule has 3 aliphatic rings. The van der Waals surface area contributed by atoms with Gasteiger partial charge in [-0.3, -0.25) is 14.4 Å². The van der Waals surface area contributed by atoms with Gasteiger partial charge in [-0.1, -0.05) is 63.2 Å². The van der Waals surface area contributed by atoms with Gasteiger partial charge in [-0.2, -0.15) is 0 Å². The Bertz CT molecular complexity index is 1080. The quantitative estimate of drug-likeness (QED) is 0.781. The second-order valence-electron chi connectivity index (χ2n) is 9.86. The Labute approximate surface area is 182 Å². The minimum absolute atomic E-state index is 0.0545. The number of anilines is 1. The lowest BCUT2D eigenvalue weighted by molar-refractivity contribution is -0.937. The lowest BCUT2D eigenvalue weighted by Crippen LogP contribution is -3.18. The second kappa shape index (κ2) is 6.99. The fourth-order valence-corrected chi connectivity index (χ4v) is 5.43. The van der Waals surface area contributed by atoms with Crippen LogP contribution in [-0.2, 0) is 26.3 Å². The Hall–Kier alpha value is -3.05. The van der Waals surface area contributed by atoms with Crippen molar-refractivity contribution in [2.75, 3.05) is 4.90 Å². The molecule has 0 aromatic heterocycles. The molecule has 5 atom stereocenters. The summed E-state index contributed by atoms with van der Waals surface area (Å²) in [5.74, 6) is -1.56. The molecule has 2 bridgehead atoms. The Kier molecular flexibility index (Phi) is 4.48. The zero-order valence-electron chi connectivity index (χ0n) is 18.0. The normalized spacial score (nSPS) is 29.6. The monoisotopic (exact) mass is 415 g/mol. The zero-order valence-corrected chi connectivity index (χ0v) is 18.0. The fraction of sp³-hybridized carbons (Fsp3) is 0.346. The summed E-state index contributed by atoms with van der Waals surface area (Å²) in [4.78, 5) is 41.9. The molecule has 2 saturated heterocycles. The number of nitrogens with zero attached hydrogens (tertiary/aromatic N) is 1. The van der Waals surface area contributed by atoms with Crippen LogP contribution in [0.2, 0.25) is 0 Å². The molecule has 0 saturated carbocycles. The van der Waals surface area contributed by atoms with Gasteiger partial charge in [0.25, 0.3) is 0 Å². The molecule has 2 fully saturated rings. The molecule has 31 heavy (non-hydrogen) atoms. The van der Waals surface area contributed by atoms with E-state index in [0.717, 1.165) is 10.5 Å². The van der Waals surface area contributed by atoms with Crippen molar-refractivity contribution in [1.29, 1.82) is 0 Å². The lowest BCUT2D eigenvalue weighted by atomic mass is 9.86. The van der Waals surface area contributed by atoms with E-state index in [-0.39, 0.29) is 29.1 Å². The summed E-state index contributed by atoms with van der Waals surface area (Å²) >= 11 is 0. The maximum absolute atomic E-state index is 13.4. The number of carbonyl (C=O) groups excluding carboxylic acids is 3. The largest absolute Gasteiger partial charge is 0.315 e. The number of amides is 2. The summed E-state index contributed by atoms with van der Waals surface area (Å²) in [5, 5.41) is 0. The highest BCUT2D eigenvalue weighted by atomic mass is 16.2. The maximum Gasteiger partial charge on any atom is 0.244 e. The van der Waals surface area contributed by atoms with Gasteiger partial charge in [0.2, 0.25) is 17.6 Å². The maximum atomic E-state index is 13.4. The van der Waals surface area contributed by atoms with E-state index in [2.05, 4.69) is 45.0 Å². The van der Waals surface area contributed by atoms with Crippen molar-refractivity contribution in [1.82, 2.24) is 0 Å². The number of hydrogen-bond acceptors (Lipinski definition) is 3. The number of carbonyl (C=O) groups is 3. The molecule has 5 rings (SSSR count). The first-order valence-electron chi connectivity index (χ1n) is 10.9. The summed E-state index contributed by atoms with van der Waals surface area (Å²) in [6, 6.07) is 16.8. The lowest BCUT2D eigenvalue weighted by Gasteiger charge is -2.30. The van der Waals surface area contributed by atoms with Crippen molar-refractivity contribution in [2.24, 2.45) is 11.8 Å². The van der Waals surface area contributed by atoms with Gasteiger partial charge in [-0.05, 0) is 35.3 Å². The Morgan fingerprint density at radius 2 is 1.52 bits per heavy atom. The molecule has 1 N–H and O–H groups in total. The van der Waals surface area contributed by atoms with E-state index in [1.165, 1.54) is 10.5 Å². The molecular weight excluding hydrogens is 388 g/mol. The third-order valence-electron chi connectivity index (χ3n) is 6.99. The number of benzene rings is 2. The van der Waals surface area contributed by atoms with E-state index in [0.29, 0.717) is 12.2 Å². The van der Waals surface area contributed by atoms with Gasteiger partial charge in [0, 0.05) is 5.56 Å². The minimum atomic E-state index is -0.593.